The number of benzene rings is 1. The van der Waals surface area contributed by atoms with Crippen molar-refractivity contribution in [2.45, 2.75) is 42.4 Å². The molecule has 0 aromatic heterocycles. The Morgan fingerprint density at radius 1 is 1.40 bits per heavy atom. The van der Waals surface area contributed by atoms with Crippen molar-refractivity contribution in [2.75, 3.05) is 18.6 Å². The van der Waals surface area contributed by atoms with Gasteiger partial charge in [0.1, 0.15) is 0 Å². The SMILES string of the molecule is CSc1ccccc1C[C@@H](C)NC[C@H]1CCCS1(=O)=O. The van der Waals surface area contributed by atoms with Crippen LogP contribution in [0.3, 0.4) is 0 Å². The Balaban J connectivity index is 1.88. The fraction of sp³-hybridized carbons (Fsp3) is 0.600. The lowest BCUT2D eigenvalue weighted by Crippen LogP contribution is -2.37. The molecule has 1 fully saturated rings. The van der Waals surface area contributed by atoms with Gasteiger partial charge in [0.15, 0.2) is 9.84 Å². The van der Waals surface area contributed by atoms with E-state index in [1.54, 1.807) is 11.8 Å². The smallest absolute Gasteiger partial charge is 0.154 e. The molecule has 0 amide bonds. The Labute approximate surface area is 126 Å². The number of hydrogen-bond donors (Lipinski definition) is 1. The van der Waals surface area contributed by atoms with E-state index in [0.29, 0.717) is 18.3 Å². The van der Waals surface area contributed by atoms with Crippen molar-refractivity contribution >= 4 is 21.6 Å². The number of nitrogens with one attached hydrogen (secondary N) is 1. The zero-order valence-corrected chi connectivity index (χ0v) is 13.8. The van der Waals surface area contributed by atoms with Gasteiger partial charge in [-0.15, -0.1) is 11.8 Å². The van der Waals surface area contributed by atoms with Crippen LogP contribution in [0.4, 0.5) is 0 Å². The number of hydrogen-bond acceptors (Lipinski definition) is 4. The lowest BCUT2D eigenvalue weighted by Gasteiger charge is -2.18. The quantitative estimate of drug-likeness (QED) is 0.820. The van der Waals surface area contributed by atoms with Gasteiger partial charge in [0.25, 0.3) is 0 Å². The third-order valence-electron chi connectivity index (χ3n) is 3.88. The second-order valence-electron chi connectivity index (χ2n) is 5.46. The van der Waals surface area contributed by atoms with E-state index in [1.165, 1.54) is 10.5 Å². The van der Waals surface area contributed by atoms with Crippen LogP contribution in [-0.4, -0.2) is 38.3 Å². The topological polar surface area (TPSA) is 46.2 Å². The second-order valence-corrected chi connectivity index (χ2v) is 8.71. The van der Waals surface area contributed by atoms with Crippen LogP contribution < -0.4 is 5.32 Å². The van der Waals surface area contributed by atoms with Gasteiger partial charge in [-0.05, 0) is 44.1 Å². The summed E-state index contributed by atoms with van der Waals surface area (Å²) < 4.78 is 23.6. The van der Waals surface area contributed by atoms with Crippen molar-refractivity contribution in [3.63, 3.8) is 0 Å². The molecule has 1 saturated heterocycles. The predicted octanol–water partition coefficient (Wildman–Crippen LogP) is 2.51. The first-order valence-corrected chi connectivity index (χ1v) is 10.0. The minimum absolute atomic E-state index is 0.180. The fourth-order valence-corrected chi connectivity index (χ4v) is 5.10. The van der Waals surface area contributed by atoms with Gasteiger partial charge >= 0.3 is 0 Å². The van der Waals surface area contributed by atoms with Crippen molar-refractivity contribution in [3.05, 3.63) is 29.8 Å². The Kier molecular flexibility index (Phi) is 5.52. The molecule has 1 aromatic rings. The largest absolute Gasteiger partial charge is 0.313 e. The van der Waals surface area contributed by atoms with Crippen molar-refractivity contribution in [1.82, 2.24) is 5.32 Å². The highest BCUT2D eigenvalue weighted by molar-refractivity contribution is 7.98. The van der Waals surface area contributed by atoms with Crippen molar-refractivity contribution in [3.8, 4) is 0 Å². The van der Waals surface area contributed by atoms with E-state index in [9.17, 15) is 8.42 Å². The molecule has 0 unspecified atom stereocenters. The summed E-state index contributed by atoms with van der Waals surface area (Å²) in [5, 5.41) is 3.21. The predicted molar refractivity (Wildman–Crippen MR) is 86.2 cm³/mol. The van der Waals surface area contributed by atoms with Gasteiger partial charge in [0.05, 0.1) is 11.0 Å². The summed E-state index contributed by atoms with van der Waals surface area (Å²) in [5.74, 6) is 0.364. The lowest BCUT2D eigenvalue weighted by molar-refractivity contribution is 0.520. The van der Waals surface area contributed by atoms with Crippen LogP contribution in [0.15, 0.2) is 29.2 Å². The molecule has 0 aliphatic carbocycles. The van der Waals surface area contributed by atoms with Crippen LogP contribution >= 0.6 is 11.8 Å². The summed E-state index contributed by atoms with van der Waals surface area (Å²) in [4.78, 5) is 1.30. The molecule has 1 heterocycles. The molecule has 0 radical (unpaired) electrons. The zero-order valence-electron chi connectivity index (χ0n) is 12.1. The van der Waals surface area contributed by atoms with E-state index < -0.39 is 9.84 Å². The Morgan fingerprint density at radius 2 is 2.15 bits per heavy atom. The molecule has 2 rings (SSSR count). The Bertz CT molecular complexity index is 543. The highest BCUT2D eigenvalue weighted by atomic mass is 32.2. The van der Waals surface area contributed by atoms with Crippen LogP contribution in [0.1, 0.15) is 25.3 Å². The first-order chi connectivity index (χ1) is 9.53. The molecule has 0 spiro atoms. The molecule has 0 saturated carbocycles. The fourth-order valence-electron chi connectivity index (χ4n) is 2.69. The van der Waals surface area contributed by atoms with Gasteiger partial charge in [-0.3, -0.25) is 0 Å². The minimum atomic E-state index is -2.84. The van der Waals surface area contributed by atoms with Gasteiger partial charge in [-0.1, -0.05) is 18.2 Å². The molecule has 1 aromatic carbocycles. The van der Waals surface area contributed by atoms with E-state index >= 15 is 0 Å². The van der Waals surface area contributed by atoms with Crippen LogP contribution in [-0.2, 0) is 16.3 Å². The van der Waals surface area contributed by atoms with Gasteiger partial charge in [-0.2, -0.15) is 0 Å². The maximum Gasteiger partial charge on any atom is 0.154 e. The molecule has 0 bridgehead atoms. The molecule has 3 nitrogen and oxygen atoms in total. The standard InChI is InChI=1S/C15H23NO2S2/c1-12(10-13-6-3-4-8-15(13)19-2)16-11-14-7-5-9-20(14,17)18/h3-4,6,8,12,14,16H,5,7,9-11H2,1-2H3/t12-,14-/m1/s1. The molecule has 1 aliphatic rings. The Hall–Kier alpha value is -0.520. The summed E-state index contributed by atoms with van der Waals surface area (Å²) >= 11 is 1.76. The van der Waals surface area contributed by atoms with Crippen molar-refractivity contribution in [2.24, 2.45) is 0 Å². The summed E-state index contributed by atoms with van der Waals surface area (Å²) in [7, 11) is -2.84. The molecular weight excluding hydrogens is 290 g/mol. The monoisotopic (exact) mass is 313 g/mol. The molecular formula is C15H23NO2S2. The number of rotatable bonds is 6. The van der Waals surface area contributed by atoms with Gasteiger partial charge in [0.2, 0.25) is 0 Å². The third kappa shape index (κ3) is 3.99. The van der Waals surface area contributed by atoms with Crippen LogP contribution in [0, 0.1) is 0 Å². The van der Waals surface area contributed by atoms with Gasteiger partial charge in [0, 0.05) is 17.5 Å². The average Bonchev–Trinajstić information content (AvgIpc) is 2.76. The van der Waals surface area contributed by atoms with E-state index in [1.807, 2.05) is 0 Å². The van der Waals surface area contributed by atoms with Crippen LogP contribution in [0.25, 0.3) is 0 Å². The highest BCUT2D eigenvalue weighted by Gasteiger charge is 2.30. The first kappa shape index (κ1) is 15.9. The molecule has 1 N–H and O–H groups in total. The third-order valence-corrected chi connectivity index (χ3v) is 6.99. The maximum absolute atomic E-state index is 11.8. The lowest BCUT2D eigenvalue weighted by atomic mass is 10.1. The molecule has 1 aliphatic heterocycles. The van der Waals surface area contributed by atoms with E-state index in [-0.39, 0.29) is 5.25 Å². The molecule has 2 atom stereocenters. The van der Waals surface area contributed by atoms with Crippen LogP contribution in [0.5, 0.6) is 0 Å². The summed E-state index contributed by atoms with van der Waals surface area (Å²) in [6.45, 7) is 2.71. The van der Waals surface area contributed by atoms with Gasteiger partial charge in [-0.25, -0.2) is 8.42 Å². The molecule has 5 heteroatoms. The minimum Gasteiger partial charge on any atom is -0.313 e. The average molecular weight is 313 g/mol. The van der Waals surface area contributed by atoms with E-state index in [2.05, 4.69) is 42.8 Å². The van der Waals surface area contributed by atoms with Crippen LogP contribution in [0.2, 0.25) is 0 Å². The number of sulfone groups is 1. The van der Waals surface area contributed by atoms with Crippen molar-refractivity contribution in [1.29, 1.82) is 0 Å². The summed E-state index contributed by atoms with van der Waals surface area (Å²) in [5.41, 5.74) is 1.33. The summed E-state index contributed by atoms with van der Waals surface area (Å²) in [6.07, 6.45) is 4.65. The molecule has 112 valence electrons. The summed E-state index contributed by atoms with van der Waals surface area (Å²) in [6, 6.07) is 8.69. The normalized spacial score (nSPS) is 22.8. The van der Waals surface area contributed by atoms with Gasteiger partial charge < -0.3 is 5.32 Å². The highest BCUT2D eigenvalue weighted by Crippen LogP contribution is 2.22. The zero-order chi connectivity index (χ0) is 14.6. The number of thioether (sulfide) groups is 1. The second kappa shape index (κ2) is 6.96. The van der Waals surface area contributed by atoms with Crippen molar-refractivity contribution < 1.29 is 8.42 Å². The first-order valence-electron chi connectivity index (χ1n) is 7.10. The molecule has 20 heavy (non-hydrogen) atoms. The van der Waals surface area contributed by atoms with E-state index in [0.717, 1.165) is 19.3 Å². The Morgan fingerprint density at radius 3 is 2.80 bits per heavy atom. The maximum atomic E-state index is 11.8. The van der Waals surface area contributed by atoms with E-state index in [4.69, 9.17) is 0 Å².